The van der Waals surface area contributed by atoms with E-state index in [0.717, 1.165) is 11.4 Å². The molecule has 0 saturated carbocycles. The maximum Gasteiger partial charge on any atom is 0.204 e. The molecule has 0 aliphatic carbocycles. The molecule has 0 spiro atoms. The second-order valence-corrected chi connectivity index (χ2v) is 7.17. The summed E-state index contributed by atoms with van der Waals surface area (Å²) >= 11 is 6.00. The van der Waals surface area contributed by atoms with Crippen LogP contribution >= 0.6 is 11.6 Å². The molecule has 2 heterocycles. The number of hydrogen-bond acceptors (Lipinski definition) is 4. The Hall–Kier alpha value is -3.44. The highest BCUT2D eigenvalue weighted by atomic mass is 35.5. The molecule has 0 bridgehead atoms. The maximum atomic E-state index is 13.2. The van der Waals surface area contributed by atoms with Crippen molar-refractivity contribution in [3.05, 3.63) is 93.2 Å². The quantitative estimate of drug-likeness (QED) is 0.470. The van der Waals surface area contributed by atoms with E-state index in [2.05, 4.69) is 10.3 Å². The number of carbonyl (C=O) groups excluding carboxylic acids is 1. The van der Waals surface area contributed by atoms with Gasteiger partial charge in [-0.15, -0.1) is 0 Å². The van der Waals surface area contributed by atoms with E-state index in [9.17, 15) is 9.59 Å². The number of benzene rings is 2. The topological polar surface area (TPSA) is 64.0 Å². The third-order valence-corrected chi connectivity index (χ3v) is 4.88. The molecule has 6 heteroatoms. The molecule has 2 aromatic heterocycles. The highest BCUT2D eigenvalue weighted by Crippen LogP contribution is 2.28. The van der Waals surface area contributed by atoms with E-state index in [1.54, 1.807) is 36.4 Å². The Morgan fingerprint density at radius 1 is 1.00 bits per heavy atom. The summed E-state index contributed by atoms with van der Waals surface area (Å²) in [6, 6.07) is 20.1. The predicted molar refractivity (Wildman–Crippen MR) is 117 cm³/mol. The van der Waals surface area contributed by atoms with Crippen LogP contribution < -0.4 is 10.7 Å². The van der Waals surface area contributed by atoms with Crippen LogP contribution in [0.25, 0.3) is 16.7 Å². The number of Topliss-reactive ketones (excluding diaryl/α,β-unsaturated/α-hetero) is 1. The Morgan fingerprint density at radius 3 is 2.34 bits per heavy atom. The van der Waals surface area contributed by atoms with Gasteiger partial charge >= 0.3 is 0 Å². The van der Waals surface area contributed by atoms with Gasteiger partial charge in [0.15, 0.2) is 5.78 Å². The number of fused-ring (bicyclic) bond motifs is 1. The second-order valence-electron chi connectivity index (χ2n) is 6.74. The SMILES string of the molecule is CC(=O)c1c(Nc2ccc(Cl)cc2)n(-c2ccccc2)c2nc(C)ccc2c1=O. The minimum atomic E-state index is -0.344. The Balaban J connectivity index is 2.13. The lowest BCUT2D eigenvalue weighted by Crippen LogP contribution is -2.22. The molecule has 0 aliphatic heterocycles. The van der Waals surface area contributed by atoms with Gasteiger partial charge in [-0.25, -0.2) is 4.98 Å². The van der Waals surface area contributed by atoms with Gasteiger partial charge in [0.05, 0.1) is 5.39 Å². The van der Waals surface area contributed by atoms with Gasteiger partial charge in [0, 0.05) is 22.1 Å². The van der Waals surface area contributed by atoms with Crippen LogP contribution in [0.2, 0.25) is 5.02 Å². The first-order chi connectivity index (χ1) is 14.0. The van der Waals surface area contributed by atoms with Crippen molar-refractivity contribution in [3.8, 4) is 5.69 Å². The van der Waals surface area contributed by atoms with Crippen LogP contribution in [0.3, 0.4) is 0 Å². The molecular formula is C23H18ClN3O2. The van der Waals surface area contributed by atoms with Gasteiger partial charge < -0.3 is 5.32 Å². The van der Waals surface area contributed by atoms with Gasteiger partial charge in [0.25, 0.3) is 0 Å². The number of pyridine rings is 2. The number of anilines is 2. The maximum absolute atomic E-state index is 13.2. The minimum Gasteiger partial charge on any atom is -0.341 e. The molecule has 4 rings (SSSR count). The molecule has 2 aromatic carbocycles. The molecule has 1 N–H and O–H groups in total. The van der Waals surface area contributed by atoms with Crippen molar-refractivity contribution in [1.29, 1.82) is 0 Å². The standard InChI is InChI=1S/C23H18ClN3O2/c1-14-8-13-19-21(29)20(15(2)28)23(26-17-11-9-16(24)10-12-17)27(22(19)25-14)18-6-4-3-5-7-18/h3-13,26H,1-2H3. The summed E-state index contributed by atoms with van der Waals surface area (Å²) in [6.07, 6.45) is 0. The molecule has 4 aromatic rings. The number of para-hydroxylation sites is 1. The Kier molecular flexibility index (Phi) is 4.91. The molecule has 0 radical (unpaired) electrons. The highest BCUT2D eigenvalue weighted by Gasteiger charge is 2.22. The van der Waals surface area contributed by atoms with E-state index in [1.165, 1.54) is 6.92 Å². The molecule has 0 atom stereocenters. The third kappa shape index (κ3) is 3.52. The zero-order valence-corrected chi connectivity index (χ0v) is 16.7. The Labute approximate surface area is 172 Å². The fourth-order valence-electron chi connectivity index (χ4n) is 3.29. The molecular weight excluding hydrogens is 386 g/mol. The Morgan fingerprint density at radius 2 is 1.69 bits per heavy atom. The number of halogens is 1. The number of carbonyl (C=O) groups is 1. The molecule has 0 fully saturated rings. The zero-order valence-electron chi connectivity index (χ0n) is 15.9. The largest absolute Gasteiger partial charge is 0.341 e. The number of nitrogens with one attached hydrogen (secondary N) is 1. The van der Waals surface area contributed by atoms with E-state index in [-0.39, 0.29) is 16.8 Å². The lowest BCUT2D eigenvalue weighted by atomic mass is 10.1. The average molecular weight is 404 g/mol. The minimum absolute atomic E-state index is 0.0851. The summed E-state index contributed by atoms with van der Waals surface area (Å²) in [7, 11) is 0. The molecule has 0 saturated heterocycles. The molecule has 0 aliphatic rings. The average Bonchev–Trinajstić information content (AvgIpc) is 2.70. The predicted octanol–water partition coefficient (Wildman–Crippen LogP) is 5.29. The lowest BCUT2D eigenvalue weighted by Gasteiger charge is -2.20. The number of hydrogen-bond donors (Lipinski definition) is 1. The smallest absolute Gasteiger partial charge is 0.204 e. The molecule has 29 heavy (non-hydrogen) atoms. The second kappa shape index (κ2) is 7.53. The summed E-state index contributed by atoms with van der Waals surface area (Å²) in [5.74, 6) is 0.0558. The van der Waals surface area contributed by atoms with Crippen LogP contribution in [0, 0.1) is 6.92 Å². The van der Waals surface area contributed by atoms with Gasteiger partial charge in [0.2, 0.25) is 5.43 Å². The van der Waals surface area contributed by atoms with Gasteiger partial charge in [0.1, 0.15) is 17.0 Å². The zero-order chi connectivity index (χ0) is 20.5. The molecule has 144 valence electrons. The summed E-state index contributed by atoms with van der Waals surface area (Å²) in [5, 5.41) is 4.23. The fourth-order valence-corrected chi connectivity index (χ4v) is 3.42. The van der Waals surface area contributed by atoms with Crippen molar-refractivity contribution in [3.63, 3.8) is 0 Å². The number of rotatable bonds is 4. The van der Waals surface area contributed by atoms with Crippen molar-refractivity contribution in [1.82, 2.24) is 9.55 Å². The Bertz CT molecular complexity index is 1280. The summed E-state index contributed by atoms with van der Waals surface area (Å²) < 4.78 is 1.81. The normalized spacial score (nSPS) is 10.9. The van der Waals surface area contributed by atoms with Crippen LogP contribution in [0.1, 0.15) is 23.0 Å². The first kappa shape index (κ1) is 18.9. The number of aromatic nitrogens is 2. The van der Waals surface area contributed by atoms with Gasteiger partial charge in [-0.1, -0.05) is 29.8 Å². The molecule has 5 nitrogen and oxygen atoms in total. The van der Waals surface area contributed by atoms with Crippen molar-refractivity contribution in [2.75, 3.05) is 5.32 Å². The van der Waals surface area contributed by atoms with E-state index in [1.807, 2.05) is 41.8 Å². The molecule has 0 unspecified atom stereocenters. The number of nitrogens with zero attached hydrogens (tertiary/aromatic N) is 2. The first-order valence-corrected chi connectivity index (χ1v) is 9.49. The summed E-state index contributed by atoms with van der Waals surface area (Å²) in [4.78, 5) is 30.3. The van der Waals surface area contributed by atoms with Crippen molar-refractivity contribution in [2.24, 2.45) is 0 Å². The van der Waals surface area contributed by atoms with Crippen LogP contribution in [0.15, 0.2) is 71.5 Å². The van der Waals surface area contributed by atoms with E-state index in [0.29, 0.717) is 27.6 Å². The third-order valence-electron chi connectivity index (χ3n) is 4.63. The van der Waals surface area contributed by atoms with Crippen LogP contribution in [0.5, 0.6) is 0 Å². The highest BCUT2D eigenvalue weighted by molar-refractivity contribution is 6.30. The number of aryl methyl sites for hydroxylation is 1. The van der Waals surface area contributed by atoms with E-state index < -0.39 is 0 Å². The van der Waals surface area contributed by atoms with Gasteiger partial charge in [-0.3, -0.25) is 14.2 Å². The summed E-state index contributed by atoms with van der Waals surface area (Å²) in [5.41, 5.74) is 2.49. The monoisotopic (exact) mass is 403 g/mol. The van der Waals surface area contributed by atoms with E-state index in [4.69, 9.17) is 11.6 Å². The van der Waals surface area contributed by atoms with Crippen LogP contribution in [0.4, 0.5) is 11.5 Å². The van der Waals surface area contributed by atoms with Gasteiger partial charge in [-0.05, 0) is 62.4 Å². The van der Waals surface area contributed by atoms with E-state index >= 15 is 0 Å². The first-order valence-electron chi connectivity index (χ1n) is 9.11. The van der Waals surface area contributed by atoms with Crippen molar-refractivity contribution in [2.45, 2.75) is 13.8 Å². The van der Waals surface area contributed by atoms with Crippen molar-refractivity contribution < 1.29 is 4.79 Å². The fraction of sp³-hybridized carbons (Fsp3) is 0.0870. The van der Waals surface area contributed by atoms with Crippen LogP contribution in [-0.2, 0) is 0 Å². The summed E-state index contributed by atoms with van der Waals surface area (Å²) in [6.45, 7) is 3.26. The number of ketones is 1. The molecule has 0 amide bonds. The lowest BCUT2D eigenvalue weighted by molar-refractivity contribution is 0.101. The van der Waals surface area contributed by atoms with Gasteiger partial charge in [-0.2, -0.15) is 0 Å². The van der Waals surface area contributed by atoms with Crippen molar-refractivity contribution >= 4 is 39.9 Å². The van der Waals surface area contributed by atoms with Crippen LogP contribution in [-0.4, -0.2) is 15.3 Å².